The van der Waals surface area contributed by atoms with E-state index in [2.05, 4.69) is 24.2 Å². The number of aryl methyl sites for hydroxylation is 1. The van der Waals surface area contributed by atoms with Crippen LogP contribution in [0.4, 0.5) is 0 Å². The largest absolute Gasteiger partial charge is 0.309 e. The Hall–Kier alpha value is -0.450. The molecule has 1 aromatic rings. The maximum atomic E-state index is 4.78. The second kappa shape index (κ2) is 4.67. The number of aromatic nitrogens is 1. The Morgan fingerprint density at radius 3 is 2.88 bits per heavy atom. The third-order valence-electron chi connectivity index (χ3n) is 3.78. The summed E-state index contributed by atoms with van der Waals surface area (Å²) >= 11 is 1.93. The van der Waals surface area contributed by atoms with E-state index in [0.717, 1.165) is 12.6 Å². The number of likely N-dealkylation sites (tertiary alicyclic amines) is 1. The summed E-state index contributed by atoms with van der Waals surface area (Å²) in [4.78, 5) is 8.63. The molecule has 1 N–H and O–H groups in total. The van der Waals surface area contributed by atoms with Gasteiger partial charge in [0.05, 0.1) is 10.7 Å². The van der Waals surface area contributed by atoms with E-state index in [1.54, 1.807) is 0 Å². The van der Waals surface area contributed by atoms with Crippen molar-refractivity contribution in [3.05, 3.63) is 15.6 Å². The van der Waals surface area contributed by atoms with Crippen molar-refractivity contribution in [2.24, 2.45) is 0 Å². The van der Waals surface area contributed by atoms with Crippen molar-refractivity contribution in [1.29, 1.82) is 0 Å². The maximum Gasteiger partial charge on any atom is 0.0975 e. The van der Waals surface area contributed by atoms with Gasteiger partial charge < -0.3 is 10.2 Å². The maximum absolute atomic E-state index is 4.78. The highest BCUT2D eigenvalue weighted by Crippen LogP contribution is 2.31. The van der Waals surface area contributed by atoms with Gasteiger partial charge in [0.2, 0.25) is 0 Å². The van der Waals surface area contributed by atoms with E-state index in [4.69, 9.17) is 4.98 Å². The fourth-order valence-electron chi connectivity index (χ4n) is 2.45. The molecule has 1 saturated heterocycles. The van der Waals surface area contributed by atoms with Gasteiger partial charge in [-0.15, -0.1) is 11.3 Å². The van der Waals surface area contributed by atoms with E-state index in [-0.39, 0.29) is 0 Å². The standard InChI is InChI=1S/C13H21N3S/c1-9-12(7-14-11-3-4-11)17-13(15-9)10-5-6-16(2)8-10/h10-11,14H,3-8H2,1-2H3. The van der Waals surface area contributed by atoms with E-state index in [1.807, 2.05) is 11.3 Å². The van der Waals surface area contributed by atoms with Crippen LogP contribution in [0.1, 0.15) is 40.8 Å². The monoisotopic (exact) mass is 251 g/mol. The minimum Gasteiger partial charge on any atom is -0.309 e. The minimum atomic E-state index is 0.679. The molecule has 1 aliphatic heterocycles. The van der Waals surface area contributed by atoms with Gasteiger partial charge in [-0.1, -0.05) is 0 Å². The second-order valence-corrected chi connectivity index (χ2v) is 6.58. The second-order valence-electron chi connectivity index (χ2n) is 5.46. The van der Waals surface area contributed by atoms with Crippen LogP contribution in [0.25, 0.3) is 0 Å². The Morgan fingerprint density at radius 2 is 2.24 bits per heavy atom. The van der Waals surface area contributed by atoms with E-state index in [0.29, 0.717) is 5.92 Å². The lowest BCUT2D eigenvalue weighted by atomic mass is 10.1. The van der Waals surface area contributed by atoms with Gasteiger partial charge in [0.25, 0.3) is 0 Å². The topological polar surface area (TPSA) is 28.2 Å². The molecule has 4 heteroatoms. The first-order valence-electron chi connectivity index (χ1n) is 6.60. The van der Waals surface area contributed by atoms with Gasteiger partial charge in [-0.3, -0.25) is 0 Å². The average molecular weight is 251 g/mol. The number of nitrogens with zero attached hydrogens (tertiary/aromatic N) is 2. The molecule has 94 valence electrons. The molecule has 1 aliphatic carbocycles. The van der Waals surface area contributed by atoms with Gasteiger partial charge >= 0.3 is 0 Å². The SMILES string of the molecule is Cc1nc(C2CCN(C)C2)sc1CNC1CC1. The number of likely N-dealkylation sites (N-methyl/N-ethyl adjacent to an activating group) is 1. The fourth-order valence-corrected chi connectivity index (χ4v) is 3.59. The van der Waals surface area contributed by atoms with E-state index >= 15 is 0 Å². The Kier molecular flexibility index (Phi) is 3.19. The number of hydrogen-bond acceptors (Lipinski definition) is 4. The van der Waals surface area contributed by atoms with Crippen molar-refractivity contribution < 1.29 is 0 Å². The van der Waals surface area contributed by atoms with Crippen LogP contribution in [0, 0.1) is 6.92 Å². The van der Waals surface area contributed by atoms with Crippen LogP contribution in [0.2, 0.25) is 0 Å². The zero-order valence-corrected chi connectivity index (χ0v) is 11.5. The molecule has 3 rings (SSSR count). The molecule has 0 aromatic carbocycles. The Morgan fingerprint density at radius 1 is 1.41 bits per heavy atom. The first kappa shape index (κ1) is 11.6. The first-order chi connectivity index (χ1) is 8.22. The predicted molar refractivity (Wildman–Crippen MR) is 71.6 cm³/mol. The van der Waals surface area contributed by atoms with Crippen LogP contribution >= 0.6 is 11.3 Å². The van der Waals surface area contributed by atoms with Gasteiger partial charge in [-0.2, -0.15) is 0 Å². The Balaban J connectivity index is 1.66. The zero-order chi connectivity index (χ0) is 11.8. The number of hydrogen-bond donors (Lipinski definition) is 1. The fraction of sp³-hybridized carbons (Fsp3) is 0.769. The van der Waals surface area contributed by atoms with Crippen LogP contribution in [-0.4, -0.2) is 36.1 Å². The molecule has 2 aliphatic rings. The summed E-state index contributed by atoms with van der Waals surface area (Å²) in [6, 6.07) is 0.789. The summed E-state index contributed by atoms with van der Waals surface area (Å²) in [7, 11) is 2.20. The van der Waals surface area contributed by atoms with Crippen LogP contribution in [-0.2, 0) is 6.54 Å². The molecule has 1 atom stereocenters. The van der Waals surface area contributed by atoms with Crippen molar-refractivity contribution in [1.82, 2.24) is 15.2 Å². The van der Waals surface area contributed by atoms with Crippen LogP contribution in [0.3, 0.4) is 0 Å². The lowest BCUT2D eigenvalue weighted by molar-refractivity contribution is 0.411. The molecule has 17 heavy (non-hydrogen) atoms. The minimum absolute atomic E-state index is 0.679. The summed E-state index contributed by atoms with van der Waals surface area (Å²) in [5.41, 5.74) is 1.24. The summed E-state index contributed by atoms with van der Waals surface area (Å²) in [5.74, 6) is 0.679. The lowest BCUT2D eigenvalue weighted by Crippen LogP contribution is -2.14. The van der Waals surface area contributed by atoms with Crippen LogP contribution in [0.5, 0.6) is 0 Å². The van der Waals surface area contributed by atoms with E-state index in [9.17, 15) is 0 Å². The average Bonchev–Trinajstić information content (AvgIpc) is 2.92. The highest BCUT2D eigenvalue weighted by molar-refractivity contribution is 7.11. The third kappa shape index (κ3) is 2.69. The molecule has 2 heterocycles. The molecular formula is C13H21N3S. The molecule has 1 unspecified atom stereocenters. The quantitative estimate of drug-likeness (QED) is 0.888. The Bertz CT molecular complexity index is 397. The lowest BCUT2D eigenvalue weighted by Gasteiger charge is -2.06. The first-order valence-corrected chi connectivity index (χ1v) is 7.42. The zero-order valence-electron chi connectivity index (χ0n) is 10.7. The molecule has 0 spiro atoms. The van der Waals surface area contributed by atoms with Crippen molar-refractivity contribution in [2.75, 3.05) is 20.1 Å². The summed E-state index contributed by atoms with van der Waals surface area (Å²) in [6.45, 7) is 5.58. The van der Waals surface area contributed by atoms with Crippen molar-refractivity contribution in [3.63, 3.8) is 0 Å². The molecule has 1 saturated carbocycles. The molecule has 0 bridgehead atoms. The molecular weight excluding hydrogens is 230 g/mol. The summed E-state index contributed by atoms with van der Waals surface area (Å²) in [6.07, 6.45) is 4.00. The molecule has 0 radical (unpaired) electrons. The van der Waals surface area contributed by atoms with Gasteiger partial charge in [0.15, 0.2) is 0 Å². The predicted octanol–water partition coefficient (Wildman–Crippen LogP) is 2.12. The van der Waals surface area contributed by atoms with Crippen molar-refractivity contribution >= 4 is 11.3 Å². The van der Waals surface area contributed by atoms with E-state index in [1.165, 1.54) is 47.9 Å². The normalized spacial score (nSPS) is 25.6. The number of thiazole rings is 1. The van der Waals surface area contributed by atoms with Crippen LogP contribution < -0.4 is 5.32 Å². The summed E-state index contributed by atoms with van der Waals surface area (Å²) < 4.78 is 0. The smallest absolute Gasteiger partial charge is 0.0975 e. The van der Waals surface area contributed by atoms with Gasteiger partial charge in [0, 0.05) is 29.9 Å². The highest BCUT2D eigenvalue weighted by atomic mass is 32.1. The van der Waals surface area contributed by atoms with Gasteiger partial charge in [-0.25, -0.2) is 4.98 Å². The third-order valence-corrected chi connectivity index (χ3v) is 5.10. The molecule has 3 nitrogen and oxygen atoms in total. The van der Waals surface area contributed by atoms with Gasteiger partial charge in [0.1, 0.15) is 0 Å². The van der Waals surface area contributed by atoms with Crippen molar-refractivity contribution in [3.8, 4) is 0 Å². The van der Waals surface area contributed by atoms with Crippen LogP contribution in [0.15, 0.2) is 0 Å². The summed E-state index contributed by atoms with van der Waals surface area (Å²) in [5, 5.41) is 4.95. The van der Waals surface area contributed by atoms with E-state index < -0.39 is 0 Å². The Labute approximate surface area is 107 Å². The molecule has 1 aromatic heterocycles. The number of nitrogens with one attached hydrogen (secondary N) is 1. The van der Waals surface area contributed by atoms with Gasteiger partial charge in [-0.05, 0) is 39.8 Å². The molecule has 0 amide bonds. The molecule has 2 fully saturated rings. The van der Waals surface area contributed by atoms with Crippen molar-refractivity contribution in [2.45, 2.75) is 44.7 Å². The number of rotatable bonds is 4. The highest BCUT2D eigenvalue weighted by Gasteiger charge is 2.25.